The molecule has 0 bridgehead atoms. The highest BCUT2D eigenvalue weighted by atomic mass is 32.2. The summed E-state index contributed by atoms with van der Waals surface area (Å²) in [5.74, 6) is 0.608. The van der Waals surface area contributed by atoms with Crippen LogP contribution in [0.5, 0.6) is 0 Å². The van der Waals surface area contributed by atoms with Crippen molar-refractivity contribution in [2.45, 2.75) is 23.5 Å². The molecule has 114 valence electrons. The van der Waals surface area contributed by atoms with Crippen LogP contribution < -0.4 is 5.32 Å². The summed E-state index contributed by atoms with van der Waals surface area (Å²) in [6, 6.07) is 4.78. The lowest BCUT2D eigenvalue weighted by Crippen LogP contribution is -2.19. The van der Waals surface area contributed by atoms with Crippen LogP contribution in [0.2, 0.25) is 0 Å². The van der Waals surface area contributed by atoms with Gasteiger partial charge in [0.15, 0.2) is 5.16 Å². The second kappa shape index (κ2) is 7.53. The van der Waals surface area contributed by atoms with Crippen molar-refractivity contribution in [1.82, 2.24) is 20.1 Å². The highest BCUT2D eigenvalue weighted by Crippen LogP contribution is 2.29. The number of ether oxygens (including phenoxy) is 1. The van der Waals surface area contributed by atoms with Gasteiger partial charge in [-0.05, 0) is 42.4 Å². The number of aromatic nitrogens is 3. The normalized spacial score (nSPS) is 11.0. The quantitative estimate of drug-likeness (QED) is 0.794. The molecule has 0 aliphatic carbocycles. The van der Waals surface area contributed by atoms with E-state index in [1.165, 1.54) is 17.8 Å². The number of nitrogens with one attached hydrogen (secondary N) is 1. The van der Waals surface area contributed by atoms with Gasteiger partial charge in [-0.3, -0.25) is 0 Å². The SMILES string of the molecule is COCCNCc1cc(F)ccc1Sc1nnc(C)n1C. The Morgan fingerprint density at radius 2 is 2.19 bits per heavy atom. The van der Waals surface area contributed by atoms with Crippen LogP contribution in [0.1, 0.15) is 11.4 Å². The van der Waals surface area contributed by atoms with Crippen molar-refractivity contribution in [2.75, 3.05) is 20.3 Å². The van der Waals surface area contributed by atoms with E-state index >= 15 is 0 Å². The Bertz CT molecular complexity index is 603. The molecule has 1 N–H and O–H groups in total. The van der Waals surface area contributed by atoms with Crippen molar-refractivity contribution in [3.8, 4) is 0 Å². The molecule has 2 aromatic rings. The highest BCUT2D eigenvalue weighted by Gasteiger charge is 2.11. The van der Waals surface area contributed by atoms with Crippen molar-refractivity contribution in [1.29, 1.82) is 0 Å². The number of nitrogens with zero attached hydrogens (tertiary/aromatic N) is 3. The van der Waals surface area contributed by atoms with Gasteiger partial charge in [0.2, 0.25) is 0 Å². The predicted octanol–water partition coefficient (Wildman–Crippen LogP) is 2.15. The Balaban J connectivity index is 2.12. The van der Waals surface area contributed by atoms with Crippen LogP contribution in [0.3, 0.4) is 0 Å². The molecule has 0 saturated carbocycles. The fraction of sp³-hybridized carbons (Fsp3) is 0.429. The minimum absolute atomic E-state index is 0.239. The molecule has 0 fully saturated rings. The van der Waals surface area contributed by atoms with E-state index in [2.05, 4.69) is 15.5 Å². The van der Waals surface area contributed by atoms with E-state index in [0.717, 1.165) is 28.0 Å². The summed E-state index contributed by atoms with van der Waals surface area (Å²) in [4.78, 5) is 0.969. The Hall–Kier alpha value is -1.44. The van der Waals surface area contributed by atoms with E-state index < -0.39 is 0 Å². The second-order valence-corrected chi connectivity index (χ2v) is 5.62. The van der Waals surface area contributed by atoms with Crippen LogP contribution >= 0.6 is 11.8 Å². The first-order valence-corrected chi connectivity index (χ1v) is 7.45. The predicted molar refractivity (Wildman–Crippen MR) is 79.8 cm³/mol. The molecule has 1 aromatic heterocycles. The van der Waals surface area contributed by atoms with Gasteiger partial charge in [-0.1, -0.05) is 0 Å². The van der Waals surface area contributed by atoms with E-state index in [1.807, 2.05) is 18.5 Å². The maximum atomic E-state index is 13.4. The molecule has 0 radical (unpaired) electrons. The van der Waals surface area contributed by atoms with Crippen molar-refractivity contribution < 1.29 is 9.13 Å². The van der Waals surface area contributed by atoms with Gasteiger partial charge in [0.25, 0.3) is 0 Å². The standard InChI is InChI=1S/C14H19FN4OS/c1-10-17-18-14(19(10)2)21-13-5-4-12(15)8-11(13)9-16-6-7-20-3/h4-5,8,16H,6-7,9H2,1-3H3. The fourth-order valence-corrected chi connectivity index (χ4v) is 2.70. The van der Waals surface area contributed by atoms with E-state index in [9.17, 15) is 4.39 Å². The first-order valence-electron chi connectivity index (χ1n) is 6.63. The van der Waals surface area contributed by atoms with Gasteiger partial charge in [0.05, 0.1) is 6.61 Å². The Labute approximate surface area is 127 Å². The van der Waals surface area contributed by atoms with Crippen LogP contribution in [0.25, 0.3) is 0 Å². The first-order chi connectivity index (χ1) is 10.1. The molecule has 1 aromatic carbocycles. The molecule has 21 heavy (non-hydrogen) atoms. The van der Waals surface area contributed by atoms with Crippen LogP contribution in [0.15, 0.2) is 28.3 Å². The molecule has 0 saturated heterocycles. The zero-order chi connectivity index (χ0) is 15.2. The Morgan fingerprint density at radius 3 is 2.86 bits per heavy atom. The number of methoxy groups -OCH3 is 1. The molecule has 5 nitrogen and oxygen atoms in total. The molecular formula is C14H19FN4OS. The van der Waals surface area contributed by atoms with Gasteiger partial charge in [-0.15, -0.1) is 10.2 Å². The van der Waals surface area contributed by atoms with Crippen LogP contribution in [0, 0.1) is 12.7 Å². The average Bonchev–Trinajstić information content (AvgIpc) is 2.78. The number of hydrogen-bond acceptors (Lipinski definition) is 5. The zero-order valence-corrected chi connectivity index (χ0v) is 13.2. The lowest BCUT2D eigenvalue weighted by Gasteiger charge is -2.10. The van der Waals surface area contributed by atoms with Crippen molar-refractivity contribution in [3.63, 3.8) is 0 Å². The topological polar surface area (TPSA) is 52.0 Å². The summed E-state index contributed by atoms with van der Waals surface area (Å²) < 4.78 is 20.3. The largest absolute Gasteiger partial charge is 0.383 e. The van der Waals surface area contributed by atoms with Crippen LogP contribution in [0.4, 0.5) is 4.39 Å². The van der Waals surface area contributed by atoms with Crippen molar-refractivity contribution in [3.05, 3.63) is 35.4 Å². The molecule has 1 heterocycles. The molecule has 0 aliphatic heterocycles. The maximum Gasteiger partial charge on any atom is 0.195 e. The highest BCUT2D eigenvalue weighted by molar-refractivity contribution is 7.99. The first kappa shape index (κ1) is 15.9. The number of benzene rings is 1. The number of aryl methyl sites for hydroxylation is 1. The smallest absolute Gasteiger partial charge is 0.195 e. The van der Waals surface area contributed by atoms with Gasteiger partial charge >= 0.3 is 0 Å². The van der Waals surface area contributed by atoms with E-state index in [4.69, 9.17) is 4.74 Å². The molecule has 0 spiro atoms. The lowest BCUT2D eigenvalue weighted by molar-refractivity contribution is 0.199. The lowest BCUT2D eigenvalue weighted by atomic mass is 10.2. The Morgan fingerprint density at radius 1 is 1.38 bits per heavy atom. The molecule has 0 unspecified atom stereocenters. The van der Waals surface area contributed by atoms with E-state index in [1.54, 1.807) is 19.2 Å². The van der Waals surface area contributed by atoms with E-state index in [-0.39, 0.29) is 5.82 Å². The third kappa shape index (κ3) is 4.26. The van der Waals surface area contributed by atoms with Crippen LogP contribution in [-0.4, -0.2) is 35.0 Å². The number of hydrogen-bond donors (Lipinski definition) is 1. The molecule has 0 amide bonds. The van der Waals surface area contributed by atoms with Crippen molar-refractivity contribution >= 4 is 11.8 Å². The fourth-order valence-electron chi connectivity index (χ4n) is 1.76. The van der Waals surface area contributed by atoms with Gasteiger partial charge in [0.1, 0.15) is 11.6 Å². The van der Waals surface area contributed by atoms with Gasteiger partial charge in [-0.2, -0.15) is 0 Å². The summed E-state index contributed by atoms with van der Waals surface area (Å²) >= 11 is 1.49. The third-order valence-electron chi connectivity index (χ3n) is 3.07. The number of halogens is 1. The van der Waals surface area contributed by atoms with Crippen LogP contribution in [-0.2, 0) is 18.3 Å². The maximum absolute atomic E-state index is 13.4. The van der Waals surface area contributed by atoms with E-state index in [0.29, 0.717) is 13.2 Å². The van der Waals surface area contributed by atoms with Gasteiger partial charge < -0.3 is 14.6 Å². The molecule has 2 rings (SSSR count). The second-order valence-electron chi connectivity index (χ2n) is 4.61. The summed E-state index contributed by atoms with van der Waals surface area (Å²) in [5.41, 5.74) is 0.900. The van der Waals surface area contributed by atoms with Crippen molar-refractivity contribution in [2.24, 2.45) is 7.05 Å². The zero-order valence-electron chi connectivity index (χ0n) is 12.4. The molecule has 7 heteroatoms. The molecule has 0 aliphatic rings. The Kier molecular flexibility index (Phi) is 5.72. The summed E-state index contributed by atoms with van der Waals surface area (Å²) in [6.45, 7) is 3.83. The van der Waals surface area contributed by atoms with Gasteiger partial charge in [-0.25, -0.2) is 4.39 Å². The molecular weight excluding hydrogens is 291 g/mol. The molecule has 0 atom stereocenters. The minimum Gasteiger partial charge on any atom is -0.383 e. The summed E-state index contributed by atoms with van der Waals surface area (Å²) in [7, 11) is 3.57. The summed E-state index contributed by atoms with van der Waals surface area (Å²) in [5, 5.41) is 12.2. The average molecular weight is 310 g/mol. The minimum atomic E-state index is -0.239. The third-order valence-corrected chi connectivity index (χ3v) is 4.23. The van der Waals surface area contributed by atoms with Gasteiger partial charge in [0, 0.05) is 32.1 Å². The number of rotatable bonds is 7. The summed E-state index contributed by atoms with van der Waals surface area (Å²) in [6.07, 6.45) is 0. The monoisotopic (exact) mass is 310 g/mol.